The van der Waals surface area contributed by atoms with Gasteiger partial charge in [0.1, 0.15) is 0 Å². The molecule has 0 aliphatic carbocycles. The summed E-state index contributed by atoms with van der Waals surface area (Å²) >= 11 is 0. The number of hydrogen-bond donors (Lipinski definition) is 1. The maximum absolute atomic E-state index is 3.79. The molecule has 0 aliphatic heterocycles. The summed E-state index contributed by atoms with van der Waals surface area (Å²) in [5, 5.41) is 3.69. The monoisotopic (exact) mass is 273 g/mol. The molecule has 1 aromatic carbocycles. The molecule has 1 aromatic rings. The Balaban J connectivity index is 2.50. The Bertz CT molecular complexity index is 353. The van der Waals surface area contributed by atoms with Crippen LogP contribution in [0.2, 0.25) is 0 Å². The molecular formula is C19H31N. The summed E-state index contributed by atoms with van der Waals surface area (Å²) in [5.74, 6) is 0. The molecule has 0 saturated heterocycles. The second-order valence-electron chi connectivity index (χ2n) is 5.53. The lowest BCUT2D eigenvalue weighted by Crippen LogP contribution is -2.22. The summed E-state index contributed by atoms with van der Waals surface area (Å²) in [6.07, 6.45) is 10.6. The van der Waals surface area contributed by atoms with Gasteiger partial charge in [0.25, 0.3) is 0 Å². The van der Waals surface area contributed by atoms with Crippen molar-refractivity contribution in [2.45, 2.75) is 64.8 Å². The first kappa shape index (κ1) is 17.0. The highest BCUT2D eigenvalue weighted by Crippen LogP contribution is 2.21. The van der Waals surface area contributed by atoms with Crippen molar-refractivity contribution >= 4 is 0 Å². The highest BCUT2D eigenvalue weighted by Gasteiger charge is 2.09. The Hall–Kier alpha value is -1.08. The van der Waals surface area contributed by atoms with Crippen molar-refractivity contribution in [3.8, 4) is 0 Å². The Kier molecular flexibility index (Phi) is 9.06. The van der Waals surface area contributed by atoms with Crippen molar-refractivity contribution in [1.29, 1.82) is 0 Å². The molecule has 20 heavy (non-hydrogen) atoms. The van der Waals surface area contributed by atoms with E-state index in [4.69, 9.17) is 0 Å². The molecule has 0 aromatic heterocycles. The summed E-state index contributed by atoms with van der Waals surface area (Å²) in [4.78, 5) is 0. The van der Waals surface area contributed by atoms with Gasteiger partial charge in [0, 0.05) is 6.04 Å². The van der Waals surface area contributed by atoms with E-state index in [0.29, 0.717) is 6.04 Å². The van der Waals surface area contributed by atoms with Gasteiger partial charge in [-0.05, 0) is 49.8 Å². The van der Waals surface area contributed by atoms with Gasteiger partial charge in [0.15, 0.2) is 0 Å². The number of hydrogen-bond acceptors (Lipinski definition) is 1. The molecule has 1 rings (SSSR count). The fourth-order valence-electron chi connectivity index (χ4n) is 2.50. The van der Waals surface area contributed by atoms with E-state index < -0.39 is 0 Å². The quantitative estimate of drug-likeness (QED) is 0.419. The van der Waals surface area contributed by atoms with E-state index in [9.17, 15) is 0 Å². The first-order chi connectivity index (χ1) is 9.81. The van der Waals surface area contributed by atoms with Gasteiger partial charge in [-0.15, -0.1) is 6.58 Å². The minimum absolute atomic E-state index is 0.518. The van der Waals surface area contributed by atoms with Gasteiger partial charge in [-0.25, -0.2) is 0 Å². The SMILES string of the molecule is C=CCCCCCC(NCCC)c1ccc(CC)cc1. The molecule has 1 heteroatoms. The third kappa shape index (κ3) is 6.38. The topological polar surface area (TPSA) is 12.0 Å². The first-order valence-corrected chi connectivity index (χ1v) is 8.24. The van der Waals surface area contributed by atoms with Crippen molar-refractivity contribution in [2.24, 2.45) is 0 Å². The average Bonchev–Trinajstić information content (AvgIpc) is 2.50. The summed E-state index contributed by atoms with van der Waals surface area (Å²) in [6, 6.07) is 9.66. The fraction of sp³-hybridized carbons (Fsp3) is 0.579. The van der Waals surface area contributed by atoms with Gasteiger partial charge in [0.2, 0.25) is 0 Å². The summed E-state index contributed by atoms with van der Waals surface area (Å²) in [5.41, 5.74) is 2.87. The molecule has 0 radical (unpaired) electrons. The van der Waals surface area contributed by atoms with Crippen LogP contribution in [0.15, 0.2) is 36.9 Å². The van der Waals surface area contributed by atoms with Crippen LogP contribution < -0.4 is 5.32 Å². The molecular weight excluding hydrogens is 242 g/mol. The third-order valence-corrected chi connectivity index (χ3v) is 3.83. The summed E-state index contributed by atoms with van der Waals surface area (Å²) < 4.78 is 0. The van der Waals surface area contributed by atoms with Crippen molar-refractivity contribution in [3.05, 3.63) is 48.0 Å². The van der Waals surface area contributed by atoms with Crippen LogP contribution in [-0.2, 0) is 6.42 Å². The van der Waals surface area contributed by atoms with Crippen LogP contribution >= 0.6 is 0 Å². The van der Waals surface area contributed by atoms with Crippen LogP contribution in [0.3, 0.4) is 0 Å². The number of allylic oxidation sites excluding steroid dienone is 1. The zero-order valence-corrected chi connectivity index (χ0v) is 13.3. The van der Waals surface area contributed by atoms with Gasteiger partial charge in [0.05, 0.1) is 0 Å². The largest absolute Gasteiger partial charge is 0.310 e. The molecule has 1 nitrogen and oxygen atoms in total. The fourth-order valence-corrected chi connectivity index (χ4v) is 2.50. The highest BCUT2D eigenvalue weighted by atomic mass is 14.9. The maximum Gasteiger partial charge on any atom is 0.0320 e. The smallest absolute Gasteiger partial charge is 0.0320 e. The minimum atomic E-state index is 0.518. The molecule has 0 aliphatic rings. The zero-order chi connectivity index (χ0) is 14.6. The third-order valence-electron chi connectivity index (χ3n) is 3.83. The van der Waals surface area contributed by atoms with Gasteiger partial charge in [-0.1, -0.05) is 57.0 Å². The molecule has 1 atom stereocenters. The minimum Gasteiger partial charge on any atom is -0.310 e. The molecule has 0 saturated carbocycles. The molecule has 0 spiro atoms. The standard InChI is InChI=1S/C19H31N/c1-4-7-8-9-10-11-19(20-16-5-2)18-14-12-17(6-3)13-15-18/h4,12-15,19-20H,1,5-11,16H2,2-3H3. The van der Waals surface area contributed by atoms with E-state index in [1.165, 1.54) is 43.2 Å². The van der Waals surface area contributed by atoms with Crippen LogP contribution in [0, 0.1) is 0 Å². The zero-order valence-electron chi connectivity index (χ0n) is 13.3. The molecule has 0 amide bonds. The lowest BCUT2D eigenvalue weighted by atomic mass is 9.98. The van der Waals surface area contributed by atoms with E-state index in [1.807, 2.05) is 6.08 Å². The molecule has 1 unspecified atom stereocenters. The van der Waals surface area contributed by atoms with Gasteiger partial charge in [-0.2, -0.15) is 0 Å². The predicted octanol–water partition coefficient (Wildman–Crippen LogP) is 5.43. The maximum atomic E-state index is 3.79. The van der Waals surface area contributed by atoms with E-state index in [0.717, 1.165) is 19.4 Å². The van der Waals surface area contributed by atoms with E-state index in [2.05, 4.69) is 50.0 Å². The normalized spacial score (nSPS) is 12.3. The molecule has 1 N–H and O–H groups in total. The van der Waals surface area contributed by atoms with Crippen LogP contribution in [0.5, 0.6) is 0 Å². The van der Waals surface area contributed by atoms with E-state index in [1.54, 1.807) is 0 Å². The second-order valence-corrected chi connectivity index (χ2v) is 5.53. The number of benzene rings is 1. The van der Waals surface area contributed by atoms with Crippen molar-refractivity contribution < 1.29 is 0 Å². The second kappa shape index (κ2) is 10.7. The Morgan fingerprint density at radius 2 is 1.85 bits per heavy atom. The Labute approximate surface area is 125 Å². The number of unbranched alkanes of at least 4 members (excludes halogenated alkanes) is 3. The Morgan fingerprint density at radius 3 is 2.45 bits per heavy atom. The first-order valence-electron chi connectivity index (χ1n) is 8.24. The number of nitrogens with one attached hydrogen (secondary N) is 1. The van der Waals surface area contributed by atoms with Crippen molar-refractivity contribution in [2.75, 3.05) is 6.54 Å². The van der Waals surface area contributed by atoms with Crippen LogP contribution in [0.1, 0.15) is 69.5 Å². The molecule has 0 heterocycles. The van der Waals surface area contributed by atoms with Gasteiger partial charge >= 0.3 is 0 Å². The molecule has 0 fully saturated rings. The number of rotatable bonds is 11. The van der Waals surface area contributed by atoms with Crippen molar-refractivity contribution in [3.63, 3.8) is 0 Å². The molecule has 0 bridgehead atoms. The average molecular weight is 273 g/mol. The summed E-state index contributed by atoms with van der Waals surface area (Å²) in [7, 11) is 0. The van der Waals surface area contributed by atoms with Crippen molar-refractivity contribution in [1.82, 2.24) is 5.32 Å². The van der Waals surface area contributed by atoms with Gasteiger partial charge < -0.3 is 5.32 Å². The van der Waals surface area contributed by atoms with Crippen LogP contribution in [-0.4, -0.2) is 6.54 Å². The van der Waals surface area contributed by atoms with Crippen LogP contribution in [0.4, 0.5) is 0 Å². The lowest BCUT2D eigenvalue weighted by molar-refractivity contribution is 0.472. The number of aryl methyl sites for hydroxylation is 1. The molecule has 112 valence electrons. The van der Waals surface area contributed by atoms with Gasteiger partial charge in [-0.3, -0.25) is 0 Å². The lowest BCUT2D eigenvalue weighted by Gasteiger charge is -2.19. The van der Waals surface area contributed by atoms with E-state index >= 15 is 0 Å². The summed E-state index contributed by atoms with van der Waals surface area (Å²) in [6.45, 7) is 9.33. The predicted molar refractivity (Wildman–Crippen MR) is 90.1 cm³/mol. The Morgan fingerprint density at radius 1 is 1.10 bits per heavy atom. The van der Waals surface area contributed by atoms with Crippen LogP contribution in [0.25, 0.3) is 0 Å². The van der Waals surface area contributed by atoms with E-state index in [-0.39, 0.29) is 0 Å². The highest BCUT2D eigenvalue weighted by molar-refractivity contribution is 5.25.